The van der Waals surface area contributed by atoms with Crippen molar-refractivity contribution < 1.29 is 9.53 Å². The number of carbonyl (C=O) groups excluding carboxylic acids is 1. The first-order valence-electron chi connectivity index (χ1n) is 6.29. The molecule has 0 aromatic heterocycles. The van der Waals surface area contributed by atoms with Crippen LogP contribution in [0.15, 0.2) is 18.2 Å². The highest BCUT2D eigenvalue weighted by Gasteiger charge is 2.37. The molecule has 90 valence electrons. The Balaban J connectivity index is 2.04. The third-order valence-electron chi connectivity index (χ3n) is 4.00. The van der Waals surface area contributed by atoms with Crippen molar-refractivity contribution in [1.29, 1.82) is 0 Å². The number of amides is 1. The lowest BCUT2D eigenvalue weighted by molar-refractivity contribution is 0.0946. The summed E-state index contributed by atoms with van der Waals surface area (Å²) in [7, 11) is 1.67. The number of rotatable bonds is 2. The number of hydrogen-bond donors (Lipinski definition) is 1. The minimum atomic E-state index is 0.0517. The molecule has 17 heavy (non-hydrogen) atoms. The number of methoxy groups -OCH3 is 1. The van der Waals surface area contributed by atoms with E-state index in [1.54, 1.807) is 7.11 Å². The van der Waals surface area contributed by atoms with Crippen LogP contribution in [0.1, 0.15) is 47.6 Å². The number of nitrogens with one attached hydrogen (secondary N) is 1. The molecule has 1 atom stereocenters. The van der Waals surface area contributed by atoms with E-state index in [0.29, 0.717) is 5.92 Å². The van der Waals surface area contributed by atoms with Crippen LogP contribution in [0.2, 0.25) is 0 Å². The molecule has 3 rings (SSSR count). The van der Waals surface area contributed by atoms with Crippen molar-refractivity contribution in [2.45, 2.75) is 31.7 Å². The minimum absolute atomic E-state index is 0.0517. The van der Waals surface area contributed by atoms with Crippen LogP contribution in [0.5, 0.6) is 5.75 Å². The summed E-state index contributed by atoms with van der Waals surface area (Å²) in [5.74, 6) is 1.48. The maximum atomic E-state index is 11.9. The van der Waals surface area contributed by atoms with Gasteiger partial charge in [0.2, 0.25) is 0 Å². The van der Waals surface area contributed by atoms with Crippen molar-refractivity contribution in [3.8, 4) is 5.75 Å². The molecule has 0 bridgehead atoms. The van der Waals surface area contributed by atoms with Crippen molar-refractivity contribution in [3.05, 3.63) is 29.3 Å². The molecular weight excluding hydrogens is 214 g/mol. The SMILES string of the molecule is COc1cccc2c1C(C1CCCC1)NC2=O. The van der Waals surface area contributed by atoms with E-state index < -0.39 is 0 Å². The average molecular weight is 231 g/mol. The third kappa shape index (κ3) is 1.61. The Morgan fingerprint density at radius 2 is 2.06 bits per heavy atom. The Labute approximate surface area is 101 Å². The van der Waals surface area contributed by atoms with Gasteiger partial charge in [0, 0.05) is 11.1 Å². The van der Waals surface area contributed by atoms with E-state index in [1.165, 1.54) is 25.7 Å². The highest BCUT2D eigenvalue weighted by atomic mass is 16.5. The van der Waals surface area contributed by atoms with Gasteiger partial charge in [0.1, 0.15) is 5.75 Å². The topological polar surface area (TPSA) is 38.3 Å². The number of ether oxygens (including phenoxy) is 1. The lowest BCUT2D eigenvalue weighted by atomic mass is 9.91. The van der Waals surface area contributed by atoms with E-state index in [9.17, 15) is 4.79 Å². The van der Waals surface area contributed by atoms with Crippen LogP contribution in [0.4, 0.5) is 0 Å². The molecule has 3 nitrogen and oxygen atoms in total. The molecule has 3 heteroatoms. The second kappa shape index (κ2) is 4.06. The van der Waals surface area contributed by atoms with Gasteiger partial charge in [-0.2, -0.15) is 0 Å². The lowest BCUT2D eigenvalue weighted by Crippen LogP contribution is -2.24. The van der Waals surface area contributed by atoms with Gasteiger partial charge in [0.15, 0.2) is 0 Å². The average Bonchev–Trinajstić information content (AvgIpc) is 2.97. The van der Waals surface area contributed by atoms with Crippen LogP contribution in [0.3, 0.4) is 0 Å². The van der Waals surface area contributed by atoms with E-state index >= 15 is 0 Å². The molecule has 0 saturated heterocycles. The fourth-order valence-corrected chi connectivity index (χ4v) is 3.18. The van der Waals surface area contributed by atoms with Crippen molar-refractivity contribution >= 4 is 5.91 Å². The molecule has 1 aliphatic heterocycles. The van der Waals surface area contributed by atoms with Gasteiger partial charge in [-0.05, 0) is 30.9 Å². The van der Waals surface area contributed by atoms with Gasteiger partial charge in [0.05, 0.1) is 13.2 Å². The van der Waals surface area contributed by atoms with Gasteiger partial charge < -0.3 is 10.1 Å². The molecule has 1 N–H and O–H groups in total. The Hall–Kier alpha value is -1.51. The Bertz CT molecular complexity index is 450. The molecule has 1 fully saturated rings. The second-order valence-electron chi connectivity index (χ2n) is 4.92. The van der Waals surface area contributed by atoms with Crippen LogP contribution in [-0.4, -0.2) is 13.0 Å². The zero-order chi connectivity index (χ0) is 11.8. The maximum Gasteiger partial charge on any atom is 0.252 e. The fourth-order valence-electron chi connectivity index (χ4n) is 3.18. The normalized spacial score (nSPS) is 23.6. The van der Waals surface area contributed by atoms with E-state index in [0.717, 1.165) is 16.9 Å². The van der Waals surface area contributed by atoms with Gasteiger partial charge in [-0.3, -0.25) is 4.79 Å². The Morgan fingerprint density at radius 3 is 2.76 bits per heavy atom. The zero-order valence-corrected chi connectivity index (χ0v) is 10.0. The summed E-state index contributed by atoms with van der Waals surface area (Å²) in [6.07, 6.45) is 4.98. The lowest BCUT2D eigenvalue weighted by Gasteiger charge is -2.20. The number of fused-ring (bicyclic) bond motifs is 1. The fraction of sp³-hybridized carbons (Fsp3) is 0.500. The molecule has 0 radical (unpaired) electrons. The Kier molecular flexibility index (Phi) is 2.54. The van der Waals surface area contributed by atoms with Crippen LogP contribution >= 0.6 is 0 Å². The first-order valence-corrected chi connectivity index (χ1v) is 6.29. The molecule has 1 heterocycles. The summed E-state index contributed by atoms with van der Waals surface area (Å²) in [4.78, 5) is 11.9. The van der Waals surface area contributed by atoms with Gasteiger partial charge in [-0.25, -0.2) is 0 Å². The number of carbonyl (C=O) groups is 1. The standard InChI is InChI=1S/C14H17NO2/c1-17-11-8-4-7-10-12(11)13(15-14(10)16)9-5-2-3-6-9/h4,7-9,13H,2-3,5-6H2,1H3,(H,15,16). The molecule has 1 aliphatic carbocycles. The van der Waals surface area contributed by atoms with Crippen LogP contribution in [-0.2, 0) is 0 Å². The van der Waals surface area contributed by atoms with Gasteiger partial charge in [-0.1, -0.05) is 18.9 Å². The van der Waals surface area contributed by atoms with Crippen molar-refractivity contribution in [1.82, 2.24) is 5.32 Å². The van der Waals surface area contributed by atoms with Crippen molar-refractivity contribution in [2.24, 2.45) is 5.92 Å². The van der Waals surface area contributed by atoms with Gasteiger partial charge in [0.25, 0.3) is 5.91 Å². The third-order valence-corrected chi connectivity index (χ3v) is 4.00. The largest absolute Gasteiger partial charge is 0.496 e. The second-order valence-corrected chi connectivity index (χ2v) is 4.92. The molecule has 1 unspecified atom stereocenters. The monoisotopic (exact) mass is 231 g/mol. The first-order chi connectivity index (χ1) is 8.31. The van der Waals surface area contributed by atoms with E-state index in [1.807, 2.05) is 18.2 Å². The van der Waals surface area contributed by atoms with Gasteiger partial charge >= 0.3 is 0 Å². The highest BCUT2D eigenvalue weighted by Crippen LogP contribution is 2.43. The zero-order valence-electron chi connectivity index (χ0n) is 10.0. The summed E-state index contributed by atoms with van der Waals surface area (Å²) >= 11 is 0. The van der Waals surface area contributed by atoms with E-state index in [-0.39, 0.29) is 11.9 Å². The quantitative estimate of drug-likeness (QED) is 0.849. The van der Waals surface area contributed by atoms with Crippen LogP contribution in [0.25, 0.3) is 0 Å². The van der Waals surface area contributed by atoms with Gasteiger partial charge in [-0.15, -0.1) is 0 Å². The minimum Gasteiger partial charge on any atom is -0.496 e. The summed E-state index contributed by atoms with van der Waals surface area (Å²) in [5.41, 5.74) is 1.87. The molecule has 1 aromatic rings. The first kappa shape index (κ1) is 10.6. The molecular formula is C14H17NO2. The van der Waals surface area contributed by atoms with Crippen LogP contribution in [0, 0.1) is 5.92 Å². The smallest absolute Gasteiger partial charge is 0.252 e. The Morgan fingerprint density at radius 1 is 1.29 bits per heavy atom. The molecule has 0 spiro atoms. The van der Waals surface area contributed by atoms with Crippen LogP contribution < -0.4 is 10.1 Å². The number of benzene rings is 1. The van der Waals surface area contributed by atoms with Crippen molar-refractivity contribution in [2.75, 3.05) is 7.11 Å². The van der Waals surface area contributed by atoms with E-state index in [4.69, 9.17) is 4.74 Å². The summed E-state index contributed by atoms with van der Waals surface area (Å²) in [6, 6.07) is 5.88. The maximum absolute atomic E-state index is 11.9. The van der Waals surface area contributed by atoms with Crippen molar-refractivity contribution in [3.63, 3.8) is 0 Å². The van der Waals surface area contributed by atoms with E-state index in [2.05, 4.69) is 5.32 Å². The highest BCUT2D eigenvalue weighted by molar-refractivity contribution is 6.00. The molecule has 1 aromatic carbocycles. The summed E-state index contributed by atoms with van der Waals surface area (Å²) < 4.78 is 5.40. The molecule has 1 saturated carbocycles. The predicted octanol–water partition coefficient (Wildman–Crippen LogP) is 2.67. The molecule has 2 aliphatic rings. The number of hydrogen-bond acceptors (Lipinski definition) is 2. The predicted molar refractivity (Wildman–Crippen MR) is 65.2 cm³/mol. The summed E-state index contributed by atoms with van der Waals surface area (Å²) in [6.45, 7) is 0. The summed E-state index contributed by atoms with van der Waals surface area (Å²) in [5, 5.41) is 3.12. The molecule has 1 amide bonds.